The molecule has 0 aromatic heterocycles. The highest BCUT2D eigenvalue weighted by Gasteiger charge is 1.81. The smallest absolute Gasteiger partial charge is 0.0784 e. The van der Waals surface area contributed by atoms with E-state index >= 15 is 0 Å². The van der Waals surface area contributed by atoms with Gasteiger partial charge < -0.3 is 9.88 Å². The molecule has 0 bridgehead atoms. The zero-order valence-electron chi connectivity index (χ0n) is 8.78. The van der Waals surface area contributed by atoms with E-state index in [2.05, 4.69) is 37.6 Å². The molecule has 0 fully saturated rings. The van der Waals surface area contributed by atoms with Crippen molar-refractivity contribution in [2.45, 2.75) is 27.7 Å². The SMILES string of the molecule is CCN([SiH3])CC.CCNCC. The van der Waals surface area contributed by atoms with Crippen LogP contribution >= 0.6 is 0 Å². The number of rotatable bonds is 4. The quantitative estimate of drug-likeness (QED) is 0.617. The standard InChI is InChI=1S/C4H13NSi.C4H11N/c1-3-5(6)4-2;1-3-5-4-2/h3-4H2,1-2,6H3;5H,3-4H2,1-2H3. The lowest BCUT2D eigenvalue weighted by Crippen LogP contribution is -2.17. The third kappa shape index (κ3) is 17.8. The second-order valence-electron chi connectivity index (χ2n) is 2.45. The van der Waals surface area contributed by atoms with E-state index < -0.39 is 0 Å². The Kier molecular flexibility index (Phi) is 15.9. The Bertz CT molecular complexity index is 54.1. The van der Waals surface area contributed by atoms with Crippen LogP contribution in [0.2, 0.25) is 0 Å². The summed E-state index contributed by atoms with van der Waals surface area (Å²) >= 11 is 0. The van der Waals surface area contributed by atoms with Crippen molar-refractivity contribution >= 4 is 10.4 Å². The van der Waals surface area contributed by atoms with Crippen LogP contribution in [-0.2, 0) is 0 Å². The highest BCUT2D eigenvalue weighted by Crippen LogP contribution is 1.72. The number of nitrogens with one attached hydrogen (secondary N) is 1. The molecule has 0 amide bonds. The van der Waals surface area contributed by atoms with Crippen LogP contribution < -0.4 is 5.32 Å². The van der Waals surface area contributed by atoms with Gasteiger partial charge in [0.2, 0.25) is 0 Å². The molecule has 0 aromatic carbocycles. The Labute approximate surface area is 74.9 Å². The summed E-state index contributed by atoms with van der Waals surface area (Å²) in [4.78, 5) is 0. The molecule has 0 aliphatic rings. The Morgan fingerprint density at radius 3 is 1.36 bits per heavy atom. The predicted octanol–water partition coefficient (Wildman–Crippen LogP) is 0.224. The van der Waals surface area contributed by atoms with E-state index in [1.165, 1.54) is 23.5 Å². The van der Waals surface area contributed by atoms with Crippen LogP contribution in [0.1, 0.15) is 27.7 Å². The molecule has 0 radical (unpaired) electrons. The second-order valence-corrected chi connectivity index (χ2v) is 3.71. The molecule has 3 heteroatoms. The molecule has 11 heavy (non-hydrogen) atoms. The molecular formula is C8H24N2Si. The van der Waals surface area contributed by atoms with Gasteiger partial charge in [0.1, 0.15) is 0 Å². The summed E-state index contributed by atoms with van der Waals surface area (Å²) in [5.41, 5.74) is 0. The maximum absolute atomic E-state index is 3.11. The Morgan fingerprint density at radius 2 is 1.36 bits per heavy atom. The van der Waals surface area contributed by atoms with Crippen LogP contribution in [0.3, 0.4) is 0 Å². The summed E-state index contributed by atoms with van der Waals surface area (Å²) in [5.74, 6) is 0. The van der Waals surface area contributed by atoms with Gasteiger partial charge in [-0.25, -0.2) is 0 Å². The maximum Gasteiger partial charge on any atom is 0.0784 e. The number of hydrogen-bond acceptors (Lipinski definition) is 2. The summed E-state index contributed by atoms with van der Waals surface area (Å²) in [6, 6.07) is 0. The van der Waals surface area contributed by atoms with Gasteiger partial charge in [0.05, 0.1) is 10.4 Å². The van der Waals surface area contributed by atoms with E-state index in [0.29, 0.717) is 0 Å². The molecule has 0 saturated carbocycles. The molecule has 0 aromatic rings. The fourth-order valence-electron chi connectivity index (χ4n) is 0.474. The van der Waals surface area contributed by atoms with E-state index in [1.807, 2.05) is 0 Å². The van der Waals surface area contributed by atoms with Crippen molar-refractivity contribution in [3.8, 4) is 0 Å². The van der Waals surface area contributed by atoms with E-state index in [0.717, 1.165) is 13.1 Å². The van der Waals surface area contributed by atoms with Gasteiger partial charge in [-0.15, -0.1) is 0 Å². The normalized spacial score (nSPS) is 9.55. The van der Waals surface area contributed by atoms with Crippen LogP contribution in [0.25, 0.3) is 0 Å². The molecule has 1 N–H and O–H groups in total. The van der Waals surface area contributed by atoms with Crippen LogP contribution in [0.15, 0.2) is 0 Å². The van der Waals surface area contributed by atoms with Crippen molar-refractivity contribution in [2.24, 2.45) is 0 Å². The Hall–Kier alpha value is 0.137. The highest BCUT2D eigenvalue weighted by molar-refractivity contribution is 6.04. The lowest BCUT2D eigenvalue weighted by Gasteiger charge is -2.07. The highest BCUT2D eigenvalue weighted by atomic mass is 28.2. The molecule has 0 aliphatic heterocycles. The van der Waals surface area contributed by atoms with Crippen molar-refractivity contribution < 1.29 is 0 Å². The van der Waals surface area contributed by atoms with Crippen molar-refractivity contribution in [2.75, 3.05) is 26.2 Å². The monoisotopic (exact) mass is 176 g/mol. The van der Waals surface area contributed by atoms with Gasteiger partial charge in [0.25, 0.3) is 0 Å². The van der Waals surface area contributed by atoms with Gasteiger partial charge in [-0.2, -0.15) is 0 Å². The number of nitrogens with zero attached hydrogens (tertiary/aromatic N) is 1. The van der Waals surface area contributed by atoms with Gasteiger partial charge >= 0.3 is 0 Å². The first-order chi connectivity index (χ1) is 5.22. The summed E-state index contributed by atoms with van der Waals surface area (Å²) in [7, 11) is 1.22. The predicted molar refractivity (Wildman–Crippen MR) is 57.1 cm³/mol. The zero-order valence-corrected chi connectivity index (χ0v) is 10.8. The minimum absolute atomic E-state index is 1.09. The molecule has 0 rings (SSSR count). The van der Waals surface area contributed by atoms with E-state index in [1.54, 1.807) is 0 Å². The average molecular weight is 176 g/mol. The van der Waals surface area contributed by atoms with Gasteiger partial charge in [0, 0.05) is 0 Å². The first-order valence-electron chi connectivity index (χ1n) is 4.62. The minimum atomic E-state index is 1.09. The van der Waals surface area contributed by atoms with Crippen molar-refractivity contribution in [1.29, 1.82) is 0 Å². The third-order valence-electron chi connectivity index (χ3n) is 1.58. The third-order valence-corrected chi connectivity index (χ3v) is 2.84. The van der Waals surface area contributed by atoms with Crippen LogP contribution in [0.5, 0.6) is 0 Å². The molecule has 2 nitrogen and oxygen atoms in total. The van der Waals surface area contributed by atoms with Gasteiger partial charge in [-0.1, -0.05) is 27.7 Å². The van der Waals surface area contributed by atoms with Crippen molar-refractivity contribution in [1.82, 2.24) is 9.88 Å². The molecule has 0 aliphatic carbocycles. The van der Waals surface area contributed by atoms with E-state index in [4.69, 9.17) is 0 Å². The van der Waals surface area contributed by atoms with E-state index in [9.17, 15) is 0 Å². The summed E-state index contributed by atoms with van der Waals surface area (Å²) < 4.78 is 2.39. The largest absolute Gasteiger partial charge is 0.333 e. The molecule has 0 heterocycles. The van der Waals surface area contributed by atoms with Crippen molar-refractivity contribution in [3.05, 3.63) is 0 Å². The second kappa shape index (κ2) is 12.8. The van der Waals surface area contributed by atoms with E-state index in [-0.39, 0.29) is 0 Å². The topological polar surface area (TPSA) is 15.3 Å². The molecule has 70 valence electrons. The lowest BCUT2D eigenvalue weighted by atomic mass is 10.7. The molecule has 0 saturated heterocycles. The van der Waals surface area contributed by atoms with Gasteiger partial charge in [-0.05, 0) is 26.2 Å². The fourth-order valence-corrected chi connectivity index (χ4v) is 0.474. The Balaban J connectivity index is 0. The van der Waals surface area contributed by atoms with Crippen molar-refractivity contribution in [3.63, 3.8) is 0 Å². The first kappa shape index (κ1) is 13.7. The average Bonchev–Trinajstić information content (AvgIpc) is 2.06. The maximum atomic E-state index is 3.11. The summed E-state index contributed by atoms with van der Waals surface area (Å²) in [6.45, 7) is 13.2. The van der Waals surface area contributed by atoms with Gasteiger partial charge in [0.15, 0.2) is 0 Å². The van der Waals surface area contributed by atoms with Gasteiger partial charge in [-0.3, -0.25) is 0 Å². The molecule has 0 unspecified atom stereocenters. The van der Waals surface area contributed by atoms with Crippen LogP contribution in [0, 0.1) is 0 Å². The first-order valence-corrected chi connectivity index (χ1v) is 5.51. The summed E-state index contributed by atoms with van der Waals surface area (Å²) in [5, 5.41) is 3.11. The molecule has 0 atom stereocenters. The Morgan fingerprint density at radius 1 is 1.00 bits per heavy atom. The van der Waals surface area contributed by atoms with Crippen LogP contribution in [0.4, 0.5) is 0 Å². The lowest BCUT2D eigenvalue weighted by molar-refractivity contribution is 0.505. The molecule has 0 spiro atoms. The van der Waals surface area contributed by atoms with Crippen LogP contribution in [-0.4, -0.2) is 41.1 Å². The number of hydrogen-bond donors (Lipinski definition) is 1. The zero-order chi connectivity index (χ0) is 9.11. The molecular weight excluding hydrogens is 152 g/mol. The fraction of sp³-hybridized carbons (Fsp3) is 1.00. The summed E-state index contributed by atoms with van der Waals surface area (Å²) in [6.07, 6.45) is 0. The minimum Gasteiger partial charge on any atom is -0.333 e.